The summed E-state index contributed by atoms with van der Waals surface area (Å²) in [5.74, 6) is 2.08. The van der Waals surface area contributed by atoms with E-state index < -0.39 is 0 Å². The standard InChI is InChI=1S/C9H13BrN4/c10-7-8(11)13-5-14-9(7)12-4-6-2-1-3-6/h5-6H,1-4H2,(H3,11,12,13,14). The van der Waals surface area contributed by atoms with Crippen LogP contribution in [0.3, 0.4) is 0 Å². The average Bonchev–Trinajstić information content (AvgIpc) is 2.09. The van der Waals surface area contributed by atoms with E-state index in [0.717, 1.165) is 22.8 Å². The fourth-order valence-corrected chi connectivity index (χ4v) is 1.79. The quantitative estimate of drug-likeness (QED) is 0.869. The number of nitrogen functional groups attached to an aromatic ring is 1. The van der Waals surface area contributed by atoms with E-state index >= 15 is 0 Å². The highest BCUT2D eigenvalue weighted by Gasteiger charge is 2.17. The molecule has 2 rings (SSSR count). The molecule has 3 N–H and O–H groups in total. The number of nitrogens with one attached hydrogen (secondary N) is 1. The number of rotatable bonds is 3. The number of nitrogens with zero attached hydrogens (tertiary/aromatic N) is 2. The third kappa shape index (κ3) is 1.97. The molecule has 0 aromatic carbocycles. The van der Waals surface area contributed by atoms with Crippen LogP contribution >= 0.6 is 15.9 Å². The predicted octanol–water partition coefficient (Wildman–Crippen LogP) is 2.03. The molecule has 0 spiro atoms. The Kier molecular flexibility index (Phi) is 2.86. The molecular weight excluding hydrogens is 244 g/mol. The third-order valence-corrected chi connectivity index (χ3v) is 3.38. The second kappa shape index (κ2) is 4.13. The van der Waals surface area contributed by atoms with E-state index in [0.29, 0.717) is 5.82 Å². The van der Waals surface area contributed by atoms with Crippen LogP contribution in [0.4, 0.5) is 11.6 Å². The summed E-state index contributed by atoms with van der Waals surface area (Å²) in [5.41, 5.74) is 5.64. The summed E-state index contributed by atoms with van der Waals surface area (Å²) >= 11 is 3.36. The Morgan fingerprint density at radius 1 is 1.50 bits per heavy atom. The first-order valence-corrected chi connectivity index (χ1v) is 5.56. The molecule has 5 heteroatoms. The summed E-state index contributed by atoms with van der Waals surface area (Å²) in [6.45, 7) is 0.981. The van der Waals surface area contributed by atoms with Crippen LogP contribution in [-0.2, 0) is 0 Å². The van der Waals surface area contributed by atoms with Gasteiger partial charge in [-0.15, -0.1) is 0 Å². The van der Waals surface area contributed by atoms with Crippen LogP contribution in [0, 0.1) is 5.92 Å². The summed E-state index contributed by atoms with van der Waals surface area (Å²) in [4.78, 5) is 8.00. The van der Waals surface area contributed by atoms with Gasteiger partial charge in [-0.2, -0.15) is 0 Å². The SMILES string of the molecule is Nc1ncnc(NCC2CCC2)c1Br. The molecule has 1 aromatic heterocycles. The van der Waals surface area contributed by atoms with Crippen molar-refractivity contribution in [1.82, 2.24) is 9.97 Å². The molecule has 1 aliphatic carbocycles. The highest BCUT2D eigenvalue weighted by molar-refractivity contribution is 9.10. The first-order chi connectivity index (χ1) is 6.77. The van der Waals surface area contributed by atoms with Gasteiger partial charge in [0.25, 0.3) is 0 Å². The fraction of sp³-hybridized carbons (Fsp3) is 0.556. The summed E-state index contributed by atoms with van der Waals surface area (Å²) < 4.78 is 0.763. The van der Waals surface area contributed by atoms with E-state index in [1.54, 1.807) is 0 Å². The molecule has 0 amide bonds. The summed E-state index contributed by atoms with van der Waals surface area (Å²) in [7, 11) is 0. The third-order valence-electron chi connectivity index (χ3n) is 2.60. The minimum Gasteiger partial charge on any atom is -0.383 e. The van der Waals surface area contributed by atoms with Crippen LogP contribution in [0.1, 0.15) is 19.3 Å². The van der Waals surface area contributed by atoms with Crippen molar-refractivity contribution in [2.75, 3.05) is 17.6 Å². The van der Waals surface area contributed by atoms with Gasteiger partial charge in [-0.05, 0) is 34.7 Å². The molecule has 76 valence electrons. The Morgan fingerprint density at radius 2 is 2.29 bits per heavy atom. The number of halogens is 1. The fourth-order valence-electron chi connectivity index (χ4n) is 1.44. The predicted molar refractivity (Wildman–Crippen MR) is 60.0 cm³/mol. The number of nitrogens with two attached hydrogens (primary N) is 1. The van der Waals surface area contributed by atoms with Gasteiger partial charge in [0.2, 0.25) is 0 Å². The van der Waals surface area contributed by atoms with Gasteiger partial charge in [0, 0.05) is 6.54 Å². The van der Waals surface area contributed by atoms with E-state index in [4.69, 9.17) is 5.73 Å². The number of aromatic nitrogens is 2. The van der Waals surface area contributed by atoms with Crippen molar-refractivity contribution in [3.63, 3.8) is 0 Å². The van der Waals surface area contributed by atoms with E-state index in [2.05, 4.69) is 31.2 Å². The molecule has 14 heavy (non-hydrogen) atoms. The zero-order chi connectivity index (χ0) is 9.97. The average molecular weight is 257 g/mol. The molecule has 1 aliphatic rings. The molecule has 1 heterocycles. The molecule has 0 saturated heterocycles. The van der Waals surface area contributed by atoms with E-state index in [1.807, 2.05) is 0 Å². The Balaban J connectivity index is 1.97. The van der Waals surface area contributed by atoms with Gasteiger partial charge in [0.15, 0.2) is 0 Å². The zero-order valence-electron chi connectivity index (χ0n) is 7.83. The van der Waals surface area contributed by atoms with E-state index in [-0.39, 0.29) is 0 Å². The van der Waals surface area contributed by atoms with E-state index in [1.165, 1.54) is 25.6 Å². The number of hydrogen-bond donors (Lipinski definition) is 2. The van der Waals surface area contributed by atoms with Gasteiger partial charge in [-0.25, -0.2) is 9.97 Å². The normalized spacial score (nSPS) is 16.4. The highest BCUT2D eigenvalue weighted by atomic mass is 79.9. The first kappa shape index (κ1) is 9.71. The molecule has 0 bridgehead atoms. The second-order valence-electron chi connectivity index (χ2n) is 3.60. The van der Waals surface area contributed by atoms with E-state index in [9.17, 15) is 0 Å². The molecule has 4 nitrogen and oxygen atoms in total. The maximum Gasteiger partial charge on any atom is 0.145 e. The van der Waals surface area contributed by atoms with Crippen molar-refractivity contribution in [3.05, 3.63) is 10.8 Å². The molecule has 1 aromatic rings. The second-order valence-corrected chi connectivity index (χ2v) is 4.39. The Morgan fingerprint density at radius 3 is 2.93 bits per heavy atom. The molecule has 0 unspecified atom stereocenters. The lowest BCUT2D eigenvalue weighted by Crippen LogP contribution is -2.21. The lowest BCUT2D eigenvalue weighted by Gasteiger charge is -2.25. The van der Waals surface area contributed by atoms with Crippen molar-refractivity contribution in [2.24, 2.45) is 5.92 Å². The van der Waals surface area contributed by atoms with Gasteiger partial charge in [0.05, 0.1) is 0 Å². The van der Waals surface area contributed by atoms with Crippen LogP contribution in [0.25, 0.3) is 0 Å². The smallest absolute Gasteiger partial charge is 0.145 e. The number of anilines is 2. The maximum atomic E-state index is 5.64. The number of hydrogen-bond acceptors (Lipinski definition) is 4. The molecule has 0 radical (unpaired) electrons. The summed E-state index contributed by atoms with van der Waals surface area (Å²) in [6, 6.07) is 0. The Bertz CT molecular complexity index is 325. The molecule has 1 saturated carbocycles. The van der Waals surface area contributed by atoms with Crippen LogP contribution in [0.5, 0.6) is 0 Å². The first-order valence-electron chi connectivity index (χ1n) is 4.77. The molecule has 0 atom stereocenters. The zero-order valence-corrected chi connectivity index (χ0v) is 9.42. The maximum absolute atomic E-state index is 5.64. The van der Waals surface area contributed by atoms with Crippen molar-refractivity contribution < 1.29 is 0 Å². The summed E-state index contributed by atoms with van der Waals surface area (Å²) in [5, 5.41) is 3.28. The minimum atomic E-state index is 0.483. The van der Waals surface area contributed by atoms with Crippen LogP contribution < -0.4 is 11.1 Å². The van der Waals surface area contributed by atoms with Crippen LogP contribution in [0.15, 0.2) is 10.8 Å². The van der Waals surface area contributed by atoms with Gasteiger partial charge >= 0.3 is 0 Å². The van der Waals surface area contributed by atoms with Crippen LogP contribution in [0.2, 0.25) is 0 Å². The Labute approximate surface area is 91.4 Å². The highest BCUT2D eigenvalue weighted by Crippen LogP contribution is 2.28. The Hall–Kier alpha value is -0.840. The van der Waals surface area contributed by atoms with Gasteiger partial charge in [0.1, 0.15) is 22.4 Å². The van der Waals surface area contributed by atoms with Gasteiger partial charge in [-0.1, -0.05) is 6.42 Å². The van der Waals surface area contributed by atoms with Crippen molar-refractivity contribution >= 4 is 27.6 Å². The lowest BCUT2D eigenvalue weighted by atomic mass is 9.85. The molecule has 1 fully saturated rings. The molecular formula is C9H13BrN4. The summed E-state index contributed by atoms with van der Waals surface area (Å²) in [6.07, 6.45) is 5.49. The lowest BCUT2D eigenvalue weighted by molar-refractivity contribution is 0.333. The van der Waals surface area contributed by atoms with Crippen molar-refractivity contribution in [2.45, 2.75) is 19.3 Å². The topological polar surface area (TPSA) is 63.8 Å². The monoisotopic (exact) mass is 256 g/mol. The minimum absolute atomic E-state index is 0.483. The van der Waals surface area contributed by atoms with Gasteiger partial charge < -0.3 is 11.1 Å². The van der Waals surface area contributed by atoms with Crippen molar-refractivity contribution in [1.29, 1.82) is 0 Å². The van der Waals surface area contributed by atoms with Gasteiger partial charge in [-0.3, -0.25) is 0 Å². The largest absolute Gasteiger partial charge is 0.383 e. The molecule has 0 aliphatic heterocycles. The van der Waals surface area contributed by atoms with Crippen molar-refractivity contribution in [3.8, 4) is 0 Å². The van der Waals surface area contributed by atoms with Crippen LogP contribution in [-0.4, -0.2) is 16.5 Å².